The lowest BCUT2D eigenvalue weighted by Crippen LogP contribution is -2.33. The number of hydrogen-bond acceptors (Lipinski definition) is 1. The Morgan fingerprint density at radius 2 is 0.724 bits per heavy atom. The van der Waals surface area contributed by atoms with Crippen LogP contribution in [0.3, 0.4) is 0 Å². The van der Waals surface area contributed by atoms with Crippen molar-refractivity contribution in [2.24, 2.45) is 0 Å². The van der Waals surface area contributed by atoms with E-state index in [-0.39, 0.29) is 0 Å². The number of hydrogen-bond donors (Lipinski definition) is 0. The highest BCUT2D eigenvalue weighted by molar-refractivity contribution is 6.13. The van der Waals surface area contributed by atoms with Crippen LogP contribution >= 0.6 is 0 Å². The van der Waals surface area contributed by atoms with Crippen molar-refractivity contribution in [3.63, 3.8) is 0 Å². The molecular weight excluding hydrogens is 917 g/mol. The molecule has 76 heavy (non-hydrogen) atoms. The Balaban J connectivity index is 0.916. The number of para-hydroxylation sites is 3. The maximum atomic E-state index is 2.53. The number of rotatable bonds is 7. The molecule has 0 radical (unpaired) electrons. The summed E-state index contributed by atoms with van der Waals surface area (Å²) in [6.45, 7) is 0. The van der Waals surface area contributed by atoms with E-state index >= 15 is 0 Å². The lowest BCUT2D eigenvalue weighted by Gasteiger charge is -2.39. The zero-order valence-electron chi connectivity index (χ0n) is 41.6. The molecule has 2 nitrogen and oxygen atoms in total. The molecule has 0 N–H and O–H groups in total. The van der Waals surface area contributed by atoms with Gasteiger partial charge < -0.3 is 9.47 Å². The summed E-state index contributed by atoms with van der Waals surface area (Å²) in [5, 5.41) is 2.56. The van der Waals surface area contributed by atoms with Crippen molar-refractivity contribution in [2.75, 3.05) is 4.90 Å². The molecule has 16 rings (SSSR count). The molecule has 354 valence electrons. The minimum absolute atomic E-state index is 0.543. The first-order chi connectivity index (χ1) is 37.7. The zero-order valence-corrected chi connectivity index (χ0v) is 41.6. The van der Waals surface area contributed by atoms with Gasteiger partial charge in [-0.15, -0.1) is 0 Å². The zero-order chi connectivity index (χ0) is 50.0. The summed E-state index contributed by atoms with van der Waals surface area (Å²) >= 11 is 0. The van der Waals surface area contributed by atoms with Gasteiger partial charge in [0.2, 0.25) is 0 Å². The number of nitrogens with zero attached hydrogens (tertiary/aromatic N) is 2. The first-order valence-corrected chi connectivity index (χ1v) is 26.5. The smallest absolute Gasteiger partial charge is 0.0754 e. The molecule has 2 aliphatic carbocycles. The largest absolute Gasteiger partial charge is 0.310 e. The SMILES string of the molecule is c1ccc(-c2cccc(N(c3cccc(-c4ccc5c(c4)C4(c6ccccc6-5)c5ccccc5-n5c6ccccc6c6cccc4c65)c3)c3ccc4c(c3)C(c3ccccc3)(c3ccccc3)c3ccccc3-4)c2)cc1. The third-order valence-electron chi connectivity index (χ3n) is 17.0. The van der Waals surface area contributed by atoms with Crippen LogP contribution in [0.5, 0.6) is 0 Å². The molecule has 0 saturated carbocycles. The highest BCUT2D eigenvalue weighted by Gasteiger charge is 2.51. The van der Waals surface area contributed by atoms with E-state index in [0.29, 0.717) is 0 Å². The fourth-order valence-electron chi connectivity index (χ4n) is 14.0. The van der Waals surface area contributed by atoms with E-state index < -0.39 is 10.8 Å². The molecule has 0 fully saturated rings. The monoisotopic (exact) mass is 964 g/mol. The van der Waals surface area contributed by atoms with E-state index in [4.69, 9.17) is 0 Å². The van der Waals surface area contributed by atoms with Gasteiger partial charge in [-0.3, -0.25) is 0 Å². The molecule has 2 heteroatoms. The average Bonchev–Trinajstić information content (AvgIpc) is 4.26. The van der Waals surface area contributed by atoms with Gasteiger partial charge in [0.05, 0.1) is 27.6 Å². The number of benzene rings is 12. The van der Waals surface area contributed by atoms with Crippen LogP contribution in [0.25, 0.3) is 72.0 Å². The summed E-state index contributed by atoms with van der Waals surface area (Å²) in [4.78, 5) is 2.47. The van der Waals surface area contributed by atoms with Gasteiger partial charge in [0, 0.05) is 27.8 Å². The number of anilines is 3. The van der Waals surface area contributed by atoms with Gasteiger partial charge in [0.1, 0.15) is 0 Å². The highest BCUT2D eigenvalue weighted by atomic mass is 15.1. The van der Waals surface area contributed by atoms with Gasteiger partial charge in [-0.1, -0.05) is 237 Å². The lowest BCUT2D eigenvalue weighted by molar-refractivity contribution is 0.749. The molecule has 12 aromatic carbocycles. The van der Waals surface area contributed by atoms with Crippen LogP contribution in [0, 0.1) is 0 Å². The quantitative estimate of drug-likeness (QED) is 0.155. The Kier molecular flexibility index (Phi) is 9.20. The summed E-state index contributed by atoms with van der Waals surface area (Å²) < 4.78 is 2.53. The molecule has 1 spiro atoms. The first kappa shape index (κ1) is 42.7. The van der Waals surface area contributed by atoms with E-state index in [1.54, 1.807) is 0 Å². The van der Waals surface area contributed by atoms with Crippen LogP contribution < -0.4 is 4.90 Å². The van der Waals surface area contributed by atoms with Gasteiger partial charge in [0.25, 0.3) is 0 Å². The van der Waals surface area contributed by atoms with Crippen LogP contribution in [0.4, 0.5) is 17.1 Å². The summed E-state index contributed by atoms with van der Waals surface area (Å²) in [6.07, 6.45) is 0. The van der Waals surface area contributed by atoms with Crippen LogP contribution in [0.15, 0.2) is 291 Å². The maximum absolute atomic E-state index is 2.53. The third kappa shape index (κ3) is 5.81. The van der Waals surface area contributed by atoms with Gasteiger partial charge >= 0.3 is 0 Å². The predicted octanol–water partition coefficient (Wildman–Crippen LogP) is 18.6. The Morgan fingerprint density at radius 3 is 1.42 bits per heavy atom. The van der Waals surface area contributed by atoms with Gasteiger partial charge in [0.15, 0.2) is 0 Å². The molecule has 1 aromatic heterocycles. The average molecular weight is 965 g/mol. The minimum atomic E-state index is -0.546. The Morgan fingerprint density at radius 1 is 0.263 bits per heavy atom. The van der Waals surface area contributed by atoms with E-state index in [1.807, 2.05) is 0 Å². The molecule has 13 aromatic rings. The molecule has 0 amide bonds. The van der Waals surface area contributed by atoms with Crippen molar-refractivity contribution < 1.29 is 0 Å². The Bertz CT molecular complexity index is 4430. The van der Waals surface area contributed by atoms with E-state index in [9.17, 15) is 0 Å². The minimum Gasteiger partial charge on any atom is -0.310 e. The second-order valence-electron chi connectivity index (χ2n) is 20.7. The Labute approximate surface area is 442 Å². The molecule has 2 heterocycles. The molecule has 1 atom stereocenters. The second kappa shape index (κ2) is 16.4. The first-order valence-electron chi connectivity index (χ1n) is 26.5. The molecule has 1 aliphatic heterocycles. The van der Waals surface area contributed by atoms with Gasteiger partial charge in [-0.2, -0.15) is 0 Å². The molecular formula is C74H48N2. The number of fused-ring (bicyclic) bond motifs is 15. The van der Waals surface area contributed by atoms with Crippen LogP contribution in [-0.2, 0) is 10.8 Å². The standard InChI is InChI=1S/C74H48N2/c1-4-21-49(22-5-1)50-23-18-29-55(45-50)75(57-42-44-61-58-31-10-13-35-64(58)73(69(61)48-57,53-25-6-2-7-26-53)54-27-8-3-9-28-54)56-30-19-24-51(46-56)52-41-43-60-59-32-11-14-36-65(59)74(68(60)47-52)66-37-15-17-40-71(66)76-70-39-16-12-33-62(70)63-34-20-38-67(74)72(63)76/h1-48H. The lowest BCUT2D eigenvalue weighted by atomic mass is 9.65. The van der Waals surface area contributed by atoms with Crippen LogP contribution in [0.2, 0.25) is 0 Å². The molecule has 1 unspecified atom stereocenters. The van der Waals surface area contributed by atoms with Crippen molar-refractivity contribution in [1.29, 1.82) is 0 Å². The fourth-order valence-corrected chi connectivity index (χ4v) is 14.0. The van der Waals surface area contributed by atoms with Crippen molar-refractivity contribution in [3.05, 3.63) is 336 Å². The second-order valence-corrected chi connectivity index (χ2v) is 20.7. The normalized spacial score (nSPS) is 15.0. The fraction of sp³-hybridized carbons (Fsp3) is 0.0270. The summed E-state index contributed by atoms with van der Waals surface area (Å²) in [7, 11) is 0. The van der Waals surface area contributed by atoms with Crippen molar-refractivity contribution in [1.82, 2.24) is 4.57 Å². The highest BCUT2D eigenvalue weighted by Crippen LogP contribution is 2.62. The van der Waals surface area contributed by atoms with Gasteiger partial charge in [-0.05, 0) is 144 Å². The molecule has 0 saturated heterocycles. The summed E-state index contributed by atoms with van der Waals surface area (Å²) in [5.41, 5.74) is 26.1. The molecule has 0 bridgehead atoms. The topological polar surface area (TPSA) is 8.17 Å². The van der Waals surface area contributed by atoms with Crippen molar-refractivity contribution in [3.8, 4) is 50.2 Å². The van der Waals surface area contributed by atoms with Gasteiger partial charge in [-0.25, -0.2) is 0 Å². The molecule has 3 aliphatic rings. The summed E-state index contributed by atoms with van der Waals surface area (Å²) in [5.74, 6) is 0. The number of aromatic nitrogens is 1. The maximum Gasteiger partial charge on any atom is 0.0754 e. The van der Waals surface area contributed by atoms with E-state index in [0.717, 1.165) is 22.6 Å². The van der Waals surface area contributed by atoms with E-state index in [2.05, 4.69) is 301 Å². The van der Waals surface area contributed by atoms with E-state index in [1.165, 1.54) is 111 Å². The van der Waals surface area contributed by atoms with Crippen molar-refractivity contribution >= 4 is 38.9 Å². The summed E-state index contributed by atoms with van der Waals surface area (Å²) in [6, 6.07) is 109. The third-order valence-corrected chi connectivity index (χ3v) is 17.0. The van der Waals surface area contributed by atoms with Crippen LogP contribution in [0.1, 0.15) is 44.5 Å². The van der Waals surface area contributed by atoms with Crippen molar-refractivity contribution in [2.45, 2.75) is 10.8 Å². The van der Waals surface area contributed by atoms with Crippen LogP contribution in [-0.4, -0.2) is 4.57 Å². The Hall–Kier alpha value is -9.76. The predicted molar refractivity (Wildman–Crippen MR) is 315 cm³/mol.